The molecule has 3 aromatic rings. The van der Waals surface area contributed by atoms with Gasteiger partial charge in [0.15, 0.2) is 12.2 Å². The predicted molar refractivity (Wildman–Crippen MR) is 134 cm³/mol. The molecule has 0 aromatic heterocycles. The Balaban J connectivity index is 1.90. The summed E-state index contributed by atoms with van der Waals surface area (Å²) < 4.78 is 18.0. The number of amides is 1. The van der Waals surface area contributed by atoms with Crippen LogP contribution >= 0.6 is 15.9 Å². The van der Waals surface area contributed by atoms with Crippen molar-refractivity contribution in [1.82, 2.24) is 0 Å². The van der Waals surface area contributed by atoms with Crippen molar-refractivity contribution < 1.29 is 34.0 Å². The van der Waals surface area contributed by atoms with E-state index < -0.39 is 24.3 Å². The molecule has 3 N–H and O–H groups in total. The summed E-state index contributed by atoms with van der Waals surface area (Å²) in [5.41, 5.74) is 1.06. The van der Waals surface area contributed by atoms with Gasteiger partial charge in [-0.2, -0.15) is 0 Å². The number of nitrogens with one attached hydrogen (secondary N) is 1. The van der Waals surface area contributed by atoms with Crippen LogP contribution in [0.2, 0.25) is 0 Å². The average molecular weight is 542 g/mol. The maximum Gasteiger partial charge on any atom is 0.412 e. The van der Waals surface area contributed by atoms with E-state index in [0.717, 1.165) is 10.5 Å². The summed E-state index contributed by atoms with van der Waals surface area (Å²) in [6.07, 6.45) is -0.455. The first-order chi connectivity index (χ1) is 16.9. The van der Waals surface area contributed by atoms with Crippen molar-refractivity contribution >= 4 is 33.7 Å². The van der Waals surface area contributed by atoms with Gasteiger partial charge in [0, 0.05) is 16.2 Å². The maximum absolute atomic E-state index is 12.8. The number of para-hydroxylation sites is 1. The molecular formula is C26H24BrNO7. The first kappa shape index (κ1) is 25.8. The molecule has 0 fully saturated rings. The number of rotatable bonds is 11. The molecule has 0 bridgehead atoms. The van der Waals surface area contributed by atoms with Crippen molar-refractivity contribution in [2.75, 3.05) is 18.5 Å². The Morgan fingerprint density at radius 2 is 1.63 bits per heavy atom. The Kier molecular flexibility index (Phi) is 9.70. The second-order valence-electron chi connectivity index (χ2n) is 7.19. The monoisotopic (exact) mass is 541 g/mol. The van der Waals surface area contributed by atoms with Crippen LogP contribution in [0.5, 0.6) is 11.5 Å². The molecule has 0 saturated carbocycles. The summed E-state index contributed by atoms with van der Waals surface area (Å²) in [5, 5.41) is 20.8. The molecule has 2 atom stereocenters. The van der Waals surface area contributed by atoms with Crippen molar-refractivity contribution in [3.8, 4) is 11.5 Å². The van der Waals surface area contributed by atoms with Gasteiger partial charge in [-0.15, -0.1) is 0 Å². The van der Waals surface area contributed by atoms with Crippen LogP contribution in [0.25, 0.3) is 0 Å². The number of aliphatic hydroxyl groups is 1. The Morgan fingerprint density at radius 1 is 0.943 bits per heavy atom. The third kappa shape index (κ3) is 8.47. The van der Waals surface area contributed by atoms with E-state index in [1.807, 2.05) is 6.07 Å². The van der Waals surface area contributed by atoms with E-state index >= 15 is 0 Å². The topological polar surface area (TPSA) is 114 Å². The third-order valence-electron chi connectivity index (χ3n) is 4.64. The zero-order chi connectivity index (χ0) is 25.0. The van der Waals surface area contributed by atoms with Gasteiger partial charge in [0.1, 0.15) is 18.1 Å². The van der Waals surface area contributed by atoms with Crippen LogP contribution in [0.4, 0.5) is 10.5 Å². The largest absolute Gasteiger partial charge is 0.491 e. The number of halogens is 1. The van der Waals surface area contributed by atoms with Crippen molar-refractivity contribution in [2.24, 2.45) is 0 Å². The van der Waals surface area contributed by atoms with Crippen LogP contribution in [0.1, 0.15) is 11.7 Å². The van der Waals surface area contributed by atoms with Crippen LogP contribution < -0.4 is 14.8 Å². The highest BCUT2D eigenvalue weighted by molar-refractivity contribution is 9.10. The number of carboxylic acids is 1. The summed E-state index contributed by atoms with van der Waals surface area (Å²) >= 11 is 3.34. The number of aliphatic carboxylic acids is 1. The fourth-order valence-electron chi connectivity index (χ4n) is 3.07. The molecule has 0 aliphatic carbocycles. The summed E-state index contributed by atoms with van der Waals surface area (Å²) in [7, 11) is 0. The molecule has 3 aromatic carbocycles. The van der Waals surface area contributed by atoms with Crippen LogP contribution in [0, 0.1) is 0 Å². The SMILES string of the molecule is O=C(O)/C=C/[C@@H](Oc1ccccc1)[C@H](OC(=O)Nc1ccc(Br)cc1)c1ccc(OCCO)cc1. The highest BCUT2D eigenvalue weighted by Gasteiger charge is 2.28. The Hall–Kier alpha value is -3.82. The molecule has 182 valence electrons. The molecule has 0 aliphatic heterocycles. The molecule has 1 amide bonds. The van der Waals surface area contributed by atoms with Gasteiger partial charge < -0.3 is 24.4 Å². The normalized spacial score (nSPS) is 12.5. The minimum absolute atomic E-state index is 0.128. The van der Waals surface area contributed by atoms with E-state index in [-0.39, 0.29) is 13.2 Å². The maximum atomic E-state index is 12.8. The number of aliphatic hydroxyl groups excluding tert-OH is 1. The summed E-state index contributed by atoms with van der Waals surface area (Å²) in [4.78, 5) is 24.0. The molecule has 0 spiro atoms. The van der Waals surface area contributed by atoms with E-state index in [1.54, 1.807) is 72.8 Å². The third-order valence-corrected chi connectivity index (χ3v) is 5.16. The molecule has 35 heavy (non-hydrogen) atoms. The second-order valence-corrected chi connectivity index (χ2v) is 8.11. The lowest BCUT2D eigenvalue weighted by Gasteiger charge is -2.26. The van der Waals surface area contributed by atoms with Crippen molar-refractivity contribution in [2.45, 2.75) is 12.2 Å². The number of benzene rings is 3. The fraction of sp³-hybridized carbons (Fsp3) is 0.154. The molecule has 8 nitrogen and oxygen atoms in total. The molecule has 0 aliphatic rings. The number of anilines is 1. The first-order valence-corrected chi connectivity index (χ1v) is 11.4. The number of hydrogen-bond acceptors (Lipinski definition) is 6. The molecule has 0 radical (unpaired) electrons. The van der Waals surface area contributed by atoms with E-state index in [9.17, 15) is 14.7 Å². The smallest absolute Gasteiger partial charge is 0.412 e. The second kappa shape index (κ2) is 13.2. The lowest BCUT2D eigenvalue weighted by molar-refractivity contribution is -0.131. The van der Waals surface area contributed by atoms with Gasteiger partial charge in [0.05, 0.1) is 6.61 Å². The quantitative estimate of drug-likeness (QED) is 0.286. The molecule has 0 saturated heterocycles. The number of carbonyl (C=O) groups is 2. The van der Waals surface area contributed by atoms with Crippen LogP contribution in [0.15, 0.2) is 95.5 Å². The van der Waals surface area contributed by atoms with Gasteiger partial charge >= 0.3 is 12.1 Å². The zero-order valence-electron chi connectivity index (χ0n) is 18.5. The minimum Gasteiger partial charge on any atom is -0.491 e. The van der Waals surface area contributed by atoms with Crippen molar-refractivity contribution in [1.29, 1.82) is 0 Å². The van der Waals surface area contributed by atoms with E-state index in [0.29, 0.717) is 22.7 Å². The molecule has 3 rings (SSSR count). The van der Waals surface area contributed by atoms with Gasteiger partial charge in [0.25, 0.3) is 0 Å². The van der Waals surface area contributed by atoms with E-state index in [4.69, 9.17) is 19.3 Å². The van der Waals surface area contributed by atoms with Gasteiger partial charge in [-0.3, -0.25) is 5.32 Å². The standard InChI is InChI=1S/C26H24BrNO7/c27-19-8-10-20(11-9-19)28-26(32)35-25(18-6-12-21(13-7-18)33-17-16-29)23(14-15-24(30)31)34-22-4-2-1-3-5-22/h1-15,23,25,29H,16-17H2,(H,28,32)(H,30,31)/b15-14+/t23-,25-/m1/s1. The van der Waals surface area contributed by atoms with Crippen molar-refractivity contribution in [3.63, 3.8) is 0 Å². The summed E-state index contributed by atoms with van der Waals surface area (Å²) in [6, 6.07) is 22.4. The van der Waals surface area contributed by atoms with Gasteiger partial charge in [-0.1, -0.05) is 46.3 Å². The fourth-order valence-corrected chi connectivity index (χ4v) is 3.34. The Morgan fingerprint density at radius 3 is 2.26 bits per heavy atom. The molecule has 0 heterocycles. The molecular weight excluding hydrogens is 518 g/mol. The number of ether oxygens (including phenoxy) is 3. The summed E-state index contributed by atoms with van der Waals surface area (Å²) in [6.45, 7) is 0.00660. The van der Waals surface area contributed by atoms with Gasteiger partial charge in [-0.05, 0) is 60.2 Å². The molecule has 0 unspecified atom stereocenters. The zero-order valence-corrected chi connectivity index (χ0v) is 20.1. The minimum atomic E-state index is -1.17. The van der Waals surface area contributed by atoms with Gasteiger partial charge in [-0.25, -0.2) is 9.59 Å². The highest BCUT2D eigenvalue weighted by atomic mass is 79.9. The molecule has 9 heteroatoms. The van der Waals surface area contributed by atoms with Crippen LogP contribution in [0.3, 0.4) is 0 Å². The average Bonchev–Trinajstić information content (AvgIpc) is 2.86. The lowest BCUT2D eigenvalue weighted by Crippen LogP contribution is -2.29. The number of carboxylic acid groups (broad SMARTS) is 1. The first-order valence-electron chi connectivity index (χ1n) is 10.6. The van der Waals surface area contributed by atoms with E-state index in [1.165, 1.54) is 6.08 Å². The Labute approximate surface area is 210 Å². The van der Waals surface area contributed by atoms with Crippen LogP contribution in [-0.2, 0) is 9.53 Å². The van der Waals surface area contributed by atoms with Gasteiger partial charge in [0.2, 0.25) is 0 Å². The van der Waals surface area contributed by atoms with Crippen molar-refractivity contribution in [3.05, 3.63) is 101 Å². The predicted octanol–water partition coefficient (Wildman–Crippen LogP) is 5.20. The number of hydrogen-bond donors (Lipinski definition) is 3. The number of carbonyl (C=O) groups excluding carboxylic acids is 1. The Bertz CT molecular complexity index is 1120. The van der Waals surface area contributed by atoms with Crippen LogP contribution in [-0.4, -0.2) is 41.6 Å². The summed E-state index contributed by atoms with van der Waals surface area (Å²) in [5.74, 6) is -0.183. The van der Waals surface area contributed by atoms with E-state index in [2.05, 4.69) is 21.2 Å². The lowest BCUT2D eigenvalue weighted by atomic mass is 10.0. The highest BCUT2D eigenvalue weighted by Crippen LogP contribution is 2.29.